The standard InChI is InChI=1S/C15H18N4O2/c1-2-19-9-11(8-16-19)17-14-12(15(20)21)7-10-5-3-4-6-13(10)18-14/h7-9H,2-6H2,1H3,(H,17,18)(H,20,21). The van der Waals surface area contributed by atoms with Gasteiger partial charge in [0.15, 0.2) is 0 Å². The second-order valence-electron chi connectivity index (χ2n) is 5.21. The number of aromatic nitrogens is 3. The van der Waals surface area contributed by atoms with Crippen molar-refractivity contribution >= 4 is 17.5 Å². The molecule has 0 spiro atoms. The number of carbonyl (C=O) groups is 1. The molecule has 0 aromatic carbocycles. The lowest BCUT2D eigenvalue weighted by atomic mass is 9.94. The predicted octanol–water partition coefficient (Wildman–Crippen LogP) is 2.62. The van der Waals surface area contributed by atoms with Gasteiger partial charge in [0.2, 0.25) is 0 Å². The second-order valence-corrected chi connectivity index (χ2v) is 5.21. The molecule has 0 bridgehead atoms. The van der Waals surface area contributed by atoms with E-state index >= 15 is 0 Å². The fourth-order valence-electron chi connectivity index (χ4n) is 2.63. The monoisotopic (exact) mass is 286 g/mol. The first kappa shape index (κ1) is 13.6. The predicted molar refractivity (Wildman–Crippen MR) is 79.0 cm³/mol. The summed E-state index contributed by atoms with van der Waals surface area (Å²) in [6.07, 6.45) is 7.56. The van der Waals surface area contributed by atoms with E-state index in [1.807, 2.05) is 13.1 Å². The van der Waals surface area contributed by atoms with Crippen molar-refractivity contribution in [1.82, 2.24) is 14.8 Å². The minimum atomic E-state index is -0.957. The van der Waals surface area contributed by atoms with Gasteiger partial charge in [-0.3, -0.25) is 4.68 Å². The van der Waals surface area contributed by atoms with Gasteiger partial charge in [0.25, 0.3) is 0 Å². The molecule has 0 amide bonds. The van der Waals surface area contributed by atoms with E-state index < -0.39 is 5.97 Å². The number of aryl methyl sites for hydroxylation is 3. The van der Waals surface area contributed by atoms with Gasteiger partial charge in [0.05, 0.1) is 11.9 Å². The summed E-state index contributed by atoms with van der Waals surface area (Å²) in [7, 11) is 0. The number of carboxylic acid groups (broad SMARTS) is 1. The largest absolute Gasteiger partial charge is 0.478 e. The Morgan fingerprint density at radius 1 is 1.43 bits per heavy atom. The number of nitrogens with one attached hydrogen (secondary N) is 1. The Morgan fingerprint density at radius 3 is 2.95 bits per heavy atom. The lowest BCUT2D eigenvalue weighted by molar-refractivity contribution is 0.0697. The van der Waals surface area contributed by atoms with Crippen LogP contribution in [0.25, 0.3) is 0 Å². The van der Waals surface area contributed by atoms with Crippen molar-refractivity contribution in [3.8, 4) is 0 Å². The van der Waals surface area contributed by atoms with E-state index in [4.69, 9.17) is 0 Å². The lowest BCUT2D eigenvalue weighted by Crippen LogP contribution is -2.12. The maximum absolute atomic E-state index is 11.5. The van der Waals surface area contributed by atoms with Crippen LogP contribution < -0.4 is 5.32 Å². The molecule has 0 fully saturated rings. The van der Waals surface area contributed by atoms with E-state index in [0.29, 0.717) is 5.82 Å². The van der Waals surface area contributed by atoms with Crippen molar-refractivity contribution in [1.29, 1.82) is 0 Å². The van der Waals surface area contributed by atoms with Crippen LogP contribution in [-0.2, 0) is 19.4 Å². The number of nitrogens with zero attached hydrogens (tertiary/aromatic N) is 3. The van der Waals surface area contributed by atoms with E-state index in [2.05, 4.69) is 15.4 Å². The van der Waals surface area contributed by atoms with E-state index in [0.717, 1.165) is 49.2 Å². The highest BCUT2D eigenvalue weighted by Gasteiger charge is 2.19. The van der Waals surface area contributed by atoms with Crippen molar-refractivity contribution < 1.29 is 9.90 Å². The number of rotatable bonds is 4. The summed E-state index contributed by atoms with van der Waals surface area (Å²) < 4.78 is 1.78. The Hall–Kier alpha value is -2.37. The molecule has 2 aromatic heterocycles. The molecule has 2 heterocycles. The Morgan fingerprint density at radius 2 is 2.24 bits per heavy atom. The molecule has 0 aliphatic heterocycles. The van der Waals surface area contributed by atoms with Gasteiger partial charge >= 0.3 is 5.97 Å². The highest BCUT2D eigenvalue weighted by atomic mass is 16.4. The maximum atomic E-state index is 11.5. The molecule has 6 heteroatoms. The van der Waals surface area contributed by atoms with Crippen molar-refractivity contribution in [2.24, 2.45) is 0 Å². The summed E-state index contributed by atoms with van der Waals surface area (Å²) in [4.78, 5) is 16.0. The van der Waals surface area contributed by atoms with E-state index in [1.165, 1.54) is 0 Å². The summed E-state index contributed by atoms with van der Waals surface area (Å²) in [5.74, 6) is -0.556. The first-order valence-electron chi connectivity index (χ1n) is 7.23. The molecule has 3 rings (SSSR count). The van der Waals surface area contributed by atoms with Gasteiger partial charge < -0.3 is 10.4 Å². The normalized spacial score (nSPS) is 13.8. The smallest absolute Gasteiger partial charge is 0.339 e. The maximum Gasteiger partial charge on any atom is 0.339 e. The van der Waals surface area contributed by atoms with Crippen LogP contribution in [0, 0.1) is 0 Å². The molecule has 0 radical (unpaired) electrons. The zero-order valence-electron chi connectivity index (χ0n) is 12.0. The van der Waals surface area contributed by atoms with Crippen molar-refractivity contribution in [3.05, 3.63) is 35.3 Å². The lowest BCUT2D eigenvalue weighted by Gasteiger charge is -2.17. The molecule has 2 N–H and O–H groups in total. The third kappa shape index (κ3) is 2.74. The van der Waals surface area contributed by atoms with Gasteiger partial charge in [-0.1, -0.05) is 0 Å². The Balaban J connectivity index is 1.97. The van der Waals surface area contributed by atoms with Gasteiger partial charge in [0.1, 0.15) is 11.4 Å². The number of aromatic carboxylic acids is 1. The average Bonchev–Trinajstić information content (AvgIpc) is 2.94. The highest BCUT2D eigenvalue weighted by molar-refractivity contribution is 5.94. The number of carboxylic acids is 1. The molecule has 21 heavy (non-hydrogen) atoms. The van der Waals surface area contributed by atoms with E-state index in [-0.39, 0.29) is 5.56 Å². The summed E-state index contributed by atoms with van der Waals surface area (Å²) in [5, 5.41) is 16.7. The minimum absolute atomic E-state index is 0.222. The van der Waals surface area contributed by atoms with E-state index in [1.54, 1.807) is 16.9 Å². The van der Waals surface area contributed by atoms with E-state index in [9.17, 15) is 9.90 Å². The van der Waals surface area contributed by atoms with Crippen LogP contribution in [-0.4, -0.2) is 25.8 Å². The second kappa shape index (κ2) is 5.55. The zero-order chi connectivity index (χ0) is 14.8. The third-order valence-electron chi connectivity index (χ3n) is 3.75. The van der Waals surface area contributed by atoms with Crippen LogP contribution in [0.2, 0.25) is 0 Å². The van der Waals surface area contributed by atoms with Crippen LogP contribution >= 0.6 is 0 Å². The van der Waals surface area contributed by atoms with Crippen molar-refractivity contribution in [3.63, 3.8) is 0 Å². The molecule has 1 aliphatic carbocycles. The molecule has 2 aromatic rings. The van der Waals surface area contributed by atoms with Crippen LogP contribution in [0.15, 0.2) is 18.5 Å². The van der Waals surface area contributed by atoms with Crippen LogP contribution in [0.3, 0.4) is 0 Å². The van der Waals surface area contributed by atoms with Crippen LogP contribution in [0.4, 0.5) is 11.5 Å². The molecular weight excluding hydrogens is 268 g/mol. The molecular formula is C15H18N4O2. The molecule has 0 unspecified atom stereocenters. The van der Waals surface area contributed by atoms with Gasteiger partial charge in [-0.15, -0.1) is 0 Å². The van der Waals surface area contributed by atoms with Crippen molar-refractivity contribution in [2.75, 3.05) is 5.32 Å². The number of hydrogen-bond acceptors (Lipinski definition) is 4. The topological polar surface area (TPSA) is 80.0 Å². The number of pyridine rings is 1. The van der Waals surface area contributed by atoms with Gasteiger partial charge in [-0.2, -0.15) is 5.10 Å². The zero-order valence-corrected chi connectivity index (χ0v) is 12.0. The van der Waals surface area contributed by atoms with Crippen LogP contribution in [0.1, 0.15) is 41.4 Å². The van der Waals surface area contributed by atoms with Gasteiger partial charge in [-0.25, -0.2) is 9.78 Å². The minimum Gasteiger partial charge on any atom is -0.478 e. The van der Waals surface area contributed by atoms with Crippen LogP contribution in [0.5, 0.6) is 0 Å². The highest BCUT2D eigenvalue weighted by Crippen LogP contribution is 2.26. The number of hydrogen-bond donors (Lipinski definition) is 2. The average molecular weight is 286 g/mol. The van der Waals surface area contributed by atoms with Crippen molar-refractivity contribution in [2.45, 2.75) is 39.2 Å². The molecule has 0 saturated carbocycles. The first-order chi connectivity index (χ1) is 10.2. The summed E-state index contributed by atoms with van der Waals surface area (Å²) in [6.45, 7) is 2.77. The quantitative estimate of drug-likeness (QED) is 0.903. The summed E-state index contributed by atoms with van der Waals surface area (Å²) in [6, 6.07) is 1.76. The molecule has 110 valence electrons. The number of fused-ring (bicyclic) bond motifs is 1. The Bertz CT molecular complexity index is 678. The summed E-state index contributed by atoms with van der Waals surface area (Å²) in [5.41, 5.74) is 3.05. The SMILES string of the molecule is CCn1cc(Nc2nc3c(cc2C(=O)O)CCCC3)cn1. The molecule has 6 nitrogen and oxygen atoms in total. The van der Waals surface area contributed by atoms with Gasteiger partial charge in [0, 0.05) is 18.4 Å². The third-order valence-corrected chi connectivity index (χ3v) is 3.75. The Kier molecular flexibility index (Phi) is 3.60. The van der Waals surface area contributed by atoms with Gasteiger partial charge in [-0.05, 0) is 44.2 Å². The first-order valence-corrected chi connectivity index (χ1v) is 7.23. The fraction of sp³-hybridized carbons (Fsp3) is 0.400. The molecule has 0 atom stereocenters. The molecule has 1 aliphatic rings. The summed E-state index contributed by atoms with van der Waals surface area (Å²) >= 11 is 0. The Labute approximate surface area is 122 Å². The number of anilines is 2. The molecule has 0 saturated heterocycles. The fourth-order valence-corrected chi connectivity index (χ4v) is 2.63.